The molecule has 0 radical (unpaired) electrons. The van der Waals surface area contributed by atoms with E-state index >= 15 is 0 Å². The van der Waals surface area contributed by atoms with Gasteiger partial charge in [-0.25, -0.2) is 0 Å². The third-order valence-electron chi connectivity index (χ3n) is 5.19. The van der Waals surface area contributed by atoms with Crippen LogP contribution in [-0.4, -0.2) is 29.3 Å². The Balaban J connectivity index is 1.48. The van der Waals surface area contributed by atoms with Crippen molar-refractivity contribution in [2.45, 2.75) is 32.1 Å². The molecule has 1 aliphatic heterocycles. The lowest BCUT2D eigenvalue weighted by atomic mass is 9.99. The van der Waals surface area contributed by atoms with Crippen LogP contribution in [0.5, 0.6) is 0 Å². The number of hydrogen-bond acceptors (Lipinski definition) is 3. The molecule has 1 aromatic heterocycles. The number of aromatic nitrogens is 2. The van der Waals surface area contributed by atoms with Gasteiger partial charge in [-0.1, -0.05) is 6.07 Å². The van der Waals surface area contributed by atoms with Crippen LogP contribution in [0.25, 0.3) is 6.08 Å². The van der Waals surface area contributed by atoms with Gasteiger partial charge in [0.2, 0.25) is 5.91 Å². The third kappa shape index (κ3) is 3.06. The summed E-state index contributed by atoms with van der Waals surface area (Å²) in [5.74, 6) is 0.738. The quantitative estimate of drug-likeness (QED) is 0.877. The van der Waals surface area contributed by atoms with Crippen molar-refractivity contribution in [3.8, 4) is 0 Å². The van der Waals surface area contributed by atoms with Gasteiger partial charge in [-0.2, -0.15) is 5.10 Å². The van der Waals surface area contributed by atoms with E-state index in [9.17, 15) is 4.79 Å². The molecule has 4 rings (SSSR count). The van der Waals surface area contributed by atoms with Crippen LogP contribution in [0.2, 0.25) is 0 Å². The Kier molecular flexibility index (Phi) is 4.07. The van der Waals surface area contributed by atoms with Gasteiger partial charge < -0.3 is 10.2 Å². The fourth-order valence-electron chi connectivity index (χ4n) is 3.92. The molecule has 130 valence electrons. The van der Waals surface area contributed by atoms with Gasteiger partial charge in [0.15, 0.2) is 0 Å². The van der Waals surface area contributed by atoms with Gasteiger partial charge in [0.25, 0.3) is 0 Å². The molecule has 2 aromatic rings. The van der Waals surface area contributed by atoms with E-state index in [1.807, 2.05) is 13.1 Å². The minimum Gasteiger partial charge on any atom is -0.374 e. The number of carbonyl (C=O) groups is 1. The van der Waals surface area contributed by atoms with Gasteiger partial charge in [-0.15, -0.1) is 0 Å². The molecule has 0 saturated heterocycles. The number of amides is 1. The molecule has 0 unspecified atom stereocenters. The average molecular weight is 336 g/mol. The highest BCUT2D eigenvalue weighted by atomic mass is 16.1. The lowest BCUT2D eigenvalue weighted by Gasteiger charge is -2.27. The van der Waals surface area contributed by atoms with Crippen molar-refractivity contribution >= 4 is 23.5 Å². The van der Waals surface area contributed by atoms with E-state index in [1.165, 1.54) is 23.2 Å². The minimum absolute atomic E-state index is 0.104. The number of nitrogens with one attached hydrogen (secondary N) is 1. The summed E-state index contributed by atoms with van der Waals surface area (Å²) in [5, 5.41) is 7.49. The molecule has 0 atom stereocenters. The van der Waals surface area contributed by atoms with Crippen molar-refractivity contribution < 1.29 is 4.79 Å². The molecular weight excluding hydrogens is 312 g/mol. The van der Waals surface area contributed by atoms with E-state index in [1.54, 1.807) is 10.8 Å². The molecule has 0 saturated carbocycles. The van der Waals surface area contributed by atoms with Crippen LogP contribution in [0.15, 0.2) is 24.3 Å². The lowest BCUT2D eigenvalue weighted by Crippen LogP contribution is -2.24. The molecule has 1 amide bonds. The smallest absolute Gasteiger partial charge is 0.249 e. The van der Waals surface area contributed by atoms with Crippen LogP contribution < -0.4 is 10.2 Å². The zero-order valence-corrected chi connectivity index (χ0v) is 14.9. The van der Waals surface area contributed by atoms with Crippen LogP contribution in [0, 0.1) is 0 Å². The first-order valence-electron chi connectivity index (χ1n) is 8.99. The number of rotatable bonds is 3. The van der Waals surface area contributed by atoms with Gasteiger partial charge in [-0.3, -0.25) is 9.48 Å². The van der Waals surface area contributed by atoms with Crippen molar-refractivity contribution in [1.82, 2.24) is 9.78 Å². The molecular formula is C20H24N4O. The fraction of sp³-hybridized carbons (Fsp3) is 0.400. The Labute approximate surface area is 148 Å². The second kappa shape index (κ2) is 6.39. The standard InChI is InChI=1S/C20H24N4O/c1-23-12-4-5-15-13-14(8-10-18(15)23)9-11-19(25)21-20-16-6-3-7-17(16)22-24(20)2/h8-11,13H,3-7,12H2,1-2H3,(H,21,25). The molecule has 5 nitrogen and oxygen atoms in total. The highest BCUT2D eigenvalue weighted by Gasteiger charge is 2.21. The number of nitrogens with zero attached hydrogens (tertiary/aromatic N) is 3. The maximum absolute atomic E-state index is 12.3. The highest BCUT2D eigenvalue weighted by Crippen LogP contribution is 2.29. The molecule has 1 aromatic carbocycles. The van der Waals surface area contributed by atoms with Crippen LogP contribution >= 0.6 is 0 Å². The Bertz CT molecular complexity index is 850. The van der Waals surface area contributed by atoms with Crippen molar-refractivity contribution in [1.29, 1.82) is 0 Å². The number of benzene rings is 1. The first kappa shape index (κ1) is 15.9. The highest BCUT2D eigenvalue weighted by molar-refractivity contribution is 6.02. The SMILES string of the molecule is CN1CCCc2cc(C=CC(=O)Nc3c4c(nn3C)CCC4)ccc21. The minimum atomic E-state index is -0.104. The Morgan fingerprint density at radius 1 is 1.20 bits per heavy atom. The van der Waals surface area contributed by atoms with Crippen molar-refractivity contribution in [2.75, 3.05) is 23.8 Å². The molecule has 0 spiro atoms. The summed E-state index contributed by atoms with van der Waals surface area (Å²) >= 11 is 0. The molecule has 2 aliphatic rings. The van der Waals surface area contributed by atoms with E-state index < -0.39 is 0 Å². The summed E-state index contributed by atoms with van der Waals surface area (Å²) in [4.78, 5) is 14.6. The van der Waals surface area contributed by atoms with E-state index in [0.29, 0.717) is 0 Å². The first-order valence-corrected chi connectivity index (χ1v) is 8.99. The first-order chi connectivity index (χ1) is 12.1. The maximum atomic E-state index is 12.3. The van der Waals surface area contributed by atoms with Crippen molar-refractivity contribution in [3.63, 3.8) is 0 Å². The molecule has 5 heteroatoms. The predicted octanol–water partition coefficient (Wildman–Crippen LogP) is 2.94. The Hall–Kier alpha value is -2.56. The van der Waals surface area contributed by atoms with E-state index in [4.69, 9.17) is 0 Å². The predicted molar refractivity (Wildman–Crippen MR) is 101 cm³/mol. The number of aryl methyl sites for hydroxylation is 3. The molecule has 1 aliphatic carbocycles. The maximum Gasteiger partial charge on any atom is 0.249 e. The van der Waals surface area contributed by atoms with Gasteiger partial charge >= 0.3 is 0 Å². The average Bonchev–Trinajstić information content (AvgIpc) is 3.16. The summed E-state index contributed by atoms with van der Waals surface area (Å²) < 4.78 is 1.78. The number of carbonyl (C=O) groups excluding carboxylic acids is 1. The van der Waals surface area contributed by atoms with Gasteiger partial charge in [0.1, 0.15) is 5.82 Å². The summed E-state index contributed by atoms with van der Waals surface area (Å²) in [6.07, 6.45) is 8.93. The molecule has 0 bridgehead atoms. The van der Waals surface area contributed by atoms with Gasteiger partial charge in [0, 0.05) is 38.0 Å². The Morgan fingerprint density at radius 2 is 2.08 bits per heavy atom. The topological polar surface area (TPSA) is 50.2 Å². The van der Waals surface area contributed by atoms with E-state index in [-0.39, 0.29) is 5.91 Å². The van der Waals surface area contributed by atoms with Crippen LogP contribution in [0.1, 0.15) is 35.2 Å². The summed E-state index contributed by atoms with van der Waals surface area (Å²) in [7, 11) is 4.02. The van der Waals surface area contributed by atoms with Gasteiger partial charge in [0.05, 0.1) is 5.69 Å². The number of fused-ring (bicyclic) bond motifs is 2. The zero-order chi connectivity index (χ0) is 17.4. The Morgan fingerprint density at radius 3 is 2.96 bits per heavy atom. The monoisotopic (exact) mass is 336 g/mol. The van der Waals surface area contributed by atoms with E-state index in [0.717, 1.165) is 49.3 Å². The molecule has 0 fully saturated rings. The molecule has 1 N–H and O–H groups in total. The second-order valence-electron chi connectivity index (χ2n) is 6.99. The van der Waals surface area contributed by atoms with Crippen molar-refractivity contribution in [2.24, 2.45) is 7.05 Å². The zero-order valence-electron chi connectivity index (χ0n) is 14.9. The van der Waals surface area contributed by atoms with Crippen LogP contribution in [0.4, 0.5) is 11.5 Å². The molecule has 25 heavy (non-hydrogen) atoms. The van der Waals surface area contributed by atoms with Crippen molar-refractivity contribution in [3.05, 3.63) is 46.7 Å². The molecule has 2 heterocycles. The fourth-order valence-corrected chi connectivity index (χ4v) is 3.92. The van der Waals surface area contributed by atoms with E-state index in [2.05, 4.69) is 40.6 Å². The normalized spacial score (nSPS) is 16.2. The third-order valence-corrected chi connectivity index (χ3v) is 5.19. The number of hydrogen-bond donors (Lipinski definition) is 1. The summed E-state index contributed by atoms with van der Waals surface area (Å²) in [6.45, 7) is 1.11. The van der Waals surface area contributed by atoms with Crippen LogP contribution in [0.3, 0.4) is 0 Å². The van der Waals surface area contributed by atoms with Crippen LogP contribution in [-0.2, 0) is 31.1 Å². The second-order valence-corrected chi connectivity index (χ2v) is 6.99. The summed E-state index contributed by atoms with van der Waals surface area (Å²) in [6, 6.07) is 6.42. The van der Waals surface area contributed by atoms with Gasteiger partial charge in [-0.05, 0) is 61.4 Å². The largest absolute Gasteiger partial charge is 0.374 e. The summed E-state index contributed by atoms with van der Waals surface area (Å²) in [5.41, 5.74) is 6.06. The number of anilines is 2. The lowest BCUT2D eigenvalue weighted by molar-refractivity contribution is -0.111.